The van der Waals surface area contributed by atoms with Gasteiger partial charge >= 0.3 is 0 Å². The summed E-state index contributed by atoms with van der Waals surface area (Å²) in [5, 5.41) is 3.64. The highest BCUT2D eigenvalue weighted by atomic mass is 14.9. The first-order valence-corrected chi connectivity index (χ1v) is 7.77. The Bertz CT molecular complexity index is 350. The lowest BCUT2D eigenvalue weighted by Gasteiger charge is -2.28. The lowest BCUT2D eigenvalue weighted by Crippen LogP contribution is -2.29. The second-order valence-corrected chi connectivity index (χ2v) is 6.48. The number of rotatable bonds is 7. The average Bonchev–Trinajstić information content (AvgIpc) is 2.35. The zero-order chi connectivity index (χ0) is 14.4. The summed E-state index contributed by atoms with van der Waals surface area (Å²) in [4.78, 5) is 0. The Labute approximate surface area is 119 Å². The molecule has 1 N–H and O–H groups in total. The molecule has 0 aliphatic heterocycles. The predicted molar refractivity (Wildman–Crippen MR) is 85.4 cm³/mol. The fourth-order valence-electron chi connectivity index (χ4n) is 2.54. The number of benzene rings is 1. The Morgan fingerprint density at radius 2 is 1.53 bits per heavy atom. The third-order valence-electron chi connectivity index (χ3n) is 3.98. The van der Waals surface area contributed by atoms with E-state index in [4.69, 9.17) is 0 Å². The van der Waals surface area contributed by atoms with Crippen molar-refractivity contribution in [1.29, 1.82) is 0 Å². The van der Waals surface area contributed by atoms with E-state index in [9.17, 15) is 0 Å². The zero-order valence-corrected chi connectivity index (χ0v) is 13.5. The highest BCUT2D eigenvalue weighted by molar-refractivity contribution is 5.26. The van der Waals surface area contributed by atoms with Crippen LogP contribution in [0.2, 0.25) is 0 Å². The van der Waals surface area contributed by atoms with Gasteiger partial charge in [-0.25, -0.2) is 0 Å². The monoisotopic (exact) mass is 261 g/mol. The molecule has 0 saturated heterocycles. The highest BCUT2D eigenvalue weighted by Gasteiger charge is 2.20. The average molecular weight is 261 g/mol. The van der Waals surface area contributed by atoms with E-state index >= 15 is 0 Å². The van der Waals surface area contributed by atoms with Gasteiger partial charge in [-0.15, -0.1) is 0 Å². The van der Waals surface area contributed by atoms with Crippen molar-refractivity contribution in [3.8, 4) is 0 Å². The largest absolute Gasteiger partial charge is 0.310 e. The topological polar surface area (TPSA) is 12.0 Å². The first-order valence-electron chi connectivity index (χ1n) is 7.77. The number of hydrogen-bond donors (Lipinski definition) is 1. The van der Waals surface area contributed by atoms with Crippen LogP contribution in [0, 0.1) is 17.8 Å². The molecule has 1 rings (SSSR count). The maximum atomic E-state index is 3.64. The van der Waals surface area contributed by atoms with Crippen LogP contribution in [0.15, 0.2) is 24.3 Å². The van der Waals surface area contributed by atoms with E-state index in [1.54, 1.807) is 0 Å². The van der Waals surface area contributed by atoms with E-state index in [1.165, 1.54) is 17.5 Å². The third-order valence-corrected chi connectivity index (χ3v) is 3.98. The van der Waals surface area contributed by atoms with Crippen molar-refractivity contribution in [1.82, 2.24) is 5.32 Å². The van der Waals surface area contributed by atoms with Gasteiger partial charge in [0.1, 0.15) is 0 Å². The minimum atomic E-state index is 0.470. The molecule has 108 valence electrons. The molecule has 0 saturated carbocycles. The van der Waals surface area contributed by atoms with E-state index in [-0.39, 0.29) is 0 Å². The van der Waals surface area contributed by atoms with Gasteiger partial charge in [0, 0.05) is 6.04 Å². The van der Waals surface area contributed by atoms with E-state index in [0.29, 0.717) is 17.9 Å². The molecule has 1 nitrogen and oxygen atoms in total. The molecule has 1 heteroatoms. The molecular weight excluding hydrogens is 230 g/mol. The number of hydrogen-bond acceptors (Lipinski definition) is 1. The summed E-state index contributed by atoms with van der Waals surface area (Å²) in [6.45, 7) is 14.7. The Morgan fingerprint density at radius 1 is 0.947 bits per heavy atom. The van der Waals surface area contributed by atoms with Crippen LogP contribution in [0.1, 0.15) is 58.7 Å². The molecule has 2 atom stereocenters. The summed E-state index contributed by atoms with van der Waals surface area (Å²) in [6, 6.07) is 9.69. The van der Waals surface area contributed by atoms with Crippen LogP contribution in [-0.2, 0) is 6.42 Å². The molecule has 0 heterocycles. The molecule has 0 aromatic heterocycles. The second-order valence-electron chi connectivity index (χ2n) is 6.48. The van der Waals surface area contributed by atoms with Gasteiger partial charge in [0.25, 0.3) is 0 Å². The molecule has 0 radical (unpaired) electrons. The minimum absolute atomic E-state index is 0.470. The maximum Gasteiger partial charge on any atom is 0.0348 e. The van der Waals surface area contributed by atoms with E-state index < -0.39 is 0 Å². The van der Waals surface area contributed by atoms with Crippen molar-refractivity contribution in [2.24, 2.45) is 17.8 Å². The predicted octanol–water partition coefficient (Wildman–Crippen LogP) is 4.83. The summed E-state index contributed by atoms with van der Waals surface area (Å²) < 4.78 is 0. The Kier molecular flexibility index (Phi) is 6.57. The highest BCUT2D eigenvalue weighted by Crippen LogP contribution is 2.28. The fourth-order valence-corrected chi connectivity index (χ4v) is 2.54. The van der Waals surface area contributed by atoms with E-state index in [2.05, 4.69) is 71.1 Å². The third kappa shape index (κ3) is 4.99. The van der Waals surface area contributed by atoms with Gasteiger partial charge in [-0.05, 0) is 41.8 Å². The molecule has 19 heavy (non-hydrogen) atoms. The first-order chi connectivity index (χ1) is 8.95. The Morgan fingerprint density at radius 3 is 1.95 bits per heavy atom. The molecule has 1 aromatic carbocycles. The van der Waals surface area contributed by atoms with Gasteiger partial charge in [0.05, 0.1) is 0 Å². The van der Waals surface area contributed by atoms with Crippen LogP contribution in [0.25, 0.3) is 0 Å². The molecule has 0 amide bonds. The summed E-state index contributed by atoms with van der Waals surface area (Å²) >= 11 is 0. The second kappa shape index (κ2) is 7.69. The van der Waals surface area contributed by atoms with Crippen molar-refractivity contribution in [2.75, 3.05) is 6.54 Å². The Hall–Kier alpha value is -0.820. The van der Waals surface area contributed by atoms with Crippen LogP contribution in [0.3, 0.4) is 0 Å². The molecule has 0 aliphatic rings. The van der Waals surface area contributed by atoms with Crippen molar-refractivity contribution in [3.05, 3.63) is 35.4 Å². The van der Waals surface area contributed by atoms with Crippen molar-refractivity contribution >= 4 is 0 Å². The van der Waals surface area contributed by atoms with Crippen LogP contribution in [0.5, 0.6) is 0 Å². The van der Waals surface area contributed by atoms with E-state index in [1.807, 2.05) is 0 Å². The van der Waals surface area contributed by atoms with Gasteiger partial charge in [0.2, 0.25) is 0 Å². The van der Waals surface area contributed by atoms with Crippen LogP contribution in [0.4, 0.5) is 0 Å². The number of nitrogens with one attached hydrogen (secondary N) is 1. The zero-order valence-electron chi connectivity index (χ0n) is 13.5. The fraction of sp³-hybridized carbons (Fsp3) is 0.667. The smallest absolute Gasteiger partial charge is 0.0348 e. The first kappa shape index (κ1) is 16.2. The lowest BCUT2D eigenvalue weighted by atomic mass is 9.85. The summed E-state index contributed by atoms with van der Waals surface area (Å²) in [7, 11) is 0. The lowest BCUT2D eigenvalue weighted by molar-refractivity contribution is 0.307. The van der Waals surface area contributed by atoms with E-state index in [0.717, 1.165) is 12.5 Å². The molecule has 0 aliphatic carbocycles. The van der Waals surface area contributed by atoms with Crippen molar-refractivity contribution < 1.29 is 0 Å². The van der Waals surface area contributed by atoms with Gasteiger partial charge in [0.15, 0.2) is 0 Å². The van der Waals surface area contributed by atoms with Gasteiger partial charge in [-0.3, -0.25) is 0 Å². The molecular formula is C18H31N. The van der Waals surface area contributed by atoms with Crippen LogP contribution < -0.4 is 5.32 Å². The molecule has 0 spiro atoms. The normalized spacial score (nSPS) is 14.9. The van der Waals surface area contributed by atoms with Crippen LogP contribution in [-0.4, -0.2) is 6.54 Å². The molecule has 1 aromatic rings. The Balaban J connectivity index is 2.85. The van der Waals surface area contributed by atoms with Gasteiger partial charge in [-0.1, -0.05) is 65.8 Å². The molecule has 0 bridgehead atoms. The maximum absolute atomic E-state index is 3.64. The van der Waals surface area contributed by atoms with Crippen molar-refractivity contribution in [3.63, 3.8) is 0 Å². The standard InChI is InChI=1S/C18H31N/c1-7-19-18(15(6)14(4)5)17-10-8-16(9-11-17)12-13(2)3/h8-11,13-15,18-19H,7,12H2,1-6H3. The minimum Gasteiger partial charge on any atom is -0.310 e. The van der Waals surface area contributed by atoms with Crippen LogP contribution >= 0.6 is 0 Å². The van der Waals surface area contributed by atoms with Gasteiger partial charge < -0.3 is 5.32 Å². The summed E-state index contributed by atoms with van der Waals surface area (Å²) in [6.07, 6.45) is 1.17. The molecule has 0 fully saturated rings. The quantitative estimate of drug-likeness (QED) is 0.741. The SMILES string of the molecule is CCNC(c1ccc(CC(C)C)cc1)C(C)C(C)C. The van der Waals surface area contributed by atoms with Gasteiger partial charge in [-0.2, -0.15) is 0 Å². The summed E-state index contributed by atoms with van der Waals surface area (Å²) in [5.74, 6) is 2.07. The summed E-state index contributed by atoms with van der Waals surface area (Å²) in [5.41, 5.74) is 2.88. The molecule has 2 unspecified atom stereocenters. The van der Waals surface area contributed by atoms with Crippen molar-refractivity contribution in [2.45, 2.75) is 54.0 Å².